The van der Waals surface area contributed by atoms with E-state index in [2.05, 4.69) is 10.2 Å². The maximum Gasteiger partial charge on any atom is 0.257 e. The third kappa shape index (κ3) is 3.07. The van der Waals surface area contributed by atoms with Gasteiger partial charge in [-0.1, -0.05) is 48.5 Å². The minimum atomic E-state index is -0.636. The van der Waals surface area contributed by atoms with Crippen LogP contribution >= 0.6 is 0 Å². The number of hydrogen-bond donors (Lipinski definition) is 1. The van der Waals surface area contributed by atoms with Crippen molar-refractivity contribution in [2.24, 2.45) is 10.9 Å². The Morgan fingerprint density at radius 1 is 0.897 bits per heavy atom. The lowest BCUT2D eigenvalue weighted by Crippen LogP contribution is -2.56. The zero-order valence-electron chi connectivity index (χ0n) is 15.9. The largest absolute Gasteiger partial charge is 0.378 e. The molecule has 29 heavy (non-hydrogen) atoms. The number of rotatable bonds is 2. The van der Waals surface area contributed by atoms with Gasteiger partial charge in [0.05, 0.1) is 30.9 Å². The van der Waals surface area contributed by atoms with E-state index in [0.717, 1.165) is 5.56 Å². The molecule has 5 rings (SSSR count). The normalized spacial score (nSPS) is 26.8. The summed E-state index contributed by atoms with van der Waals surface area (Å²) in [6, 6.07) is 17.8. The molecule has 2 saturated heterocycles. The zero-order valence-corrected chi connectivity index (χ0v) is 15.9. The number of aliphatic imine (C=N–C) groups is 1. The molecule has 0 radical (unpaired) electrons. The van der Waals surface area contributed by atoms with E-state index in [4.69, 9.17) is 9.73 Å². The SMILES string of the molecule is O=C1[C@@H]2[C@@H](NC(N3CCOCC3)=N[C@H]2c2ccccc2)C(=O)N1c1ccccc1. The molecule has 2 aromatic carbocycles. The fourth-order valence-electron chi connectivity index (χ4n) is 4.26. The third-order valence-electron chi connectivity index (χ3n) is 5.70. The first-order valence-electron chi connectivity index (χ1n) is 9.89. The van der Waals surface area contributed by atoms with Crippen molar-refractivity contribution in [3.8, 4) is 0 Å². The van der Waals surface area contributed by atoms with Gasteiger partial charge in [0, 0.05) is 13.1 Å². The van der Waals surface area contributed by atoms with E-state index < -0.39 is 18.0 Å². The highest BCUT2D eigenvalue weighted by molar-refractivity contribution is 6.24. The second-order valence-corrected chi connectivity index (χ2v) is 7.40. The zero-order chi connectivity index (χ0) is 19.8. The molecule has 148 valence electrons. The van der Waals surface area contributed by atoms with E-state index in [0.29, 0.717) is 38.0 Å². The van der Waals surface area contributed by atoms with Crippen LogP contribution in [0.1, 0.15) is 11.6 Å². The summed E-state index contributed by atoms with van der Waals surface area (Å²) in [5.74, 6) is -0.348. The summed E-state index contributed by atoms with van der Waals surface area (Å²) in [6.07, 6.45) is 0. The van der Waals surface area contributed by atoms with Crippen molar-refractivity contribution in [1.82, 2.24) is 10.2 Å². The van der Waals surface area contributed by atoms with Gasteiger partial charge in [-0.25, -0.2) is 9.89 Å². The molecule has 3 atom stereocenters. The van der Waals surface area contributed by atoms with Crippen LogP contribution in [0, 0.1) is 5.92 Å². The molecule has 0 saturated carbocycles. The van der Waals surface area contributed by atoms with Crippen molar-refractivity contribution in [2.75, 3.05) is 31.2 Å². The lowest BCUT2D eigenvalue weighted by molar-refractivity contribution is -0.122. The number of ether oxygens (including phenoxy) is 1. The first kappa shape index (κ1) is 17.9. The van der Waals surface area contributed by atoms with Crippen LogP contribution in [-0.2, 0) is 14.3 Å². The Morgan fingerprint density at radius 3 is 2.24 bits per heavy atom. The van der Waals surface area contributed by atoms with Gasteiger partial charge < -0.3 is 15.0 Å². The van der Waals surface area contributed by atoms with Gasteiger partial charge in [-0.05, 0) is 17.7 Å². The molecule has 2 amide bonds. The van der Waals surface area contributed by atoms with Crippen LogP contribution in [0.4, 0.5) is 5.69 Å². The lowest BCUT2D eigenvalue weighted by Gasteiger charge is -2.37. The third-order valence-corrected chi connectivity index (χ3v) is 5.70. The summed E-state index contributed by atoms with van der Waals surface area (Å²) in [5.41, 5.74) is 1.53. The van der Waals surface area contributed by atoms with Crippen LogP contribution in [-0.4, -0.2) is 55.0 Å². The fourth-order valence-corrected chi connectivity index (χ4v) is 4.26. The highest BCUT2D eigenvalue weighted by Gasteiger charge is 2.54. The Hall–Kier alpha value is -3.19. The van der Waals surface area contributed by atoms with Gasteiger partial charge in [-0.3, -0.25) is 9.59 Å². The van der Waals surface area contributed by atoms with E-state index in [1.165, 1.54) is 4.90 Å². The van der Waals surface area contributed by atoms with E-state index in [1.807, 2.05) is 48.5 Å². The number of morpholine rings is 1. The summed E-state index contributed by atoms with van der Waals surface area (Å²) >= 11 is 0. The molecule has 3 aliphatic heterocycles. The predicted octanol–water partition coefficient (Wildman–Crippen LogP) is 1.58. The number of nitrogens with one attached hydrogen (secondary N) is 1. The maximum absolute atomic E-state index is 13.4. The number of anilines is 1. The van der Waals surface area contributed by atoms with Crippen molar-refractivity contribution in [3.63, 3.8) is 0 Å². The summed E-state index contributed by atoms with van der Waals surface area (Å²) in [6.45, 7) is 2.65. The Labute approximate surface area is 169 Å². The van der Waals surface area contributed by atoms with Crippen molar-refractivity contribution < 1.29 is 14.3 Å². The molecule has 0 spiro atoms. The van der Waals surface area contributed by atoms with Gasteiger partial charge in [0.15, 0.2) is 5.96 Å². The van der Waals surface area contributed by atoms with Crippen molar-refractivity contribution >= 4 is 23.5 Å². The van der Waals surface area contributed by atoms with Crippen LogP contribution < -0.4 is 10.2 Å². The number of hydrogen-bond acceptors (Lipinski definition) is 6. The van der Waals surface area contributed by atoms with E-state index in [-0.39, 0.29) is 11.8 Å². The number of imide groups is 1. The Kier molecular flexibility index (Phi) is 4.52. The number of amides is 2. The molecule has 0 aromatic heterocycles. The van der Waals surface area contributed by atoms with Crippen LogP contribution in [0.15, 0.2) is 65.7 Å². The Morgan fingerprint density at radius 2 is 1.55 bits per heavy atom. The minimum Gasteiger partial charge on any atom is -0.378 e. The van der Waals surface area contributed by atoms with Gasteiger partial charge >= 0.3 is 0 Å². The molecular weight excluding hydrogens is 368 g/mol. The number of carbonyl (C=O) groups is 2. The standard InChI is InChI=1S/C22H22N4O3/c27-20-17-18(15-7-3-1-4-8-15)23-22(25-11-13-29-14-12-25)24-19(17)21(28)26(20)16-9-5-2-6-10-16/h1-10,17-19H,11-14H2,(H,23,24)/t17-,18-,19+/m0/s1. The van der Waals surface area contributed by atoms with Gasteiger partial charge in [0.2, 0.25) is 5.91 Å². The van der Waals surface area contributed by atoms with Gasteiger partial charge in [0.1, 0.15) is 6.04 Å². The minimum absolute atomic E-state index is 0.211. The Bertz CT molecular complexity index is 941. The van der Waals surface area contributed by atoms with E-state index in [1.54, 1.807) is 12.1 Å². The molecular formula is C22H22N4O3. The predicted molar refractivity (Wildman–Crippen MR) is 108 cm³/mol. The molecule has 2 fully saturated rings. The number of nitrogens with zero attached hydrogens (tertiary/aromatic N) is 3. The summed E-state index contributed by atoms with van der Waals surface area (Å²) in [5, 5.41) is 3.27. The van der Waals surface area contributed by atoms with Crippen LogP contribution in [0.25, 0.3) is 0 Å². The average Bonchev–Trinajstić information content (AvgIpc) is 3.05. The molecule has 3 aliphatic rings. The van der Waals surface area contributed by atoms with Crippen LogP contribution in [0.3, 0.4) is 0 Å². The van der Waals surface area contributed by atoms with Crippen molar-refractivity contribution in [2.45, 2.75) is 12.1 Å². The highest BCUT2D eigenvalue weighted by atomic mass is 16.5. The fraction of sp³-hybridized carbons (Fsp3) is 0.318. The topological polar surface area (TPSA) is 74.2 Å². The molecule has 0 bridgehead atoms. The molecule has 7 nitrogen and oxygen atoms in total. The lowest BCUT2D eigenvalue weighted by atomic mass is 9.87. The molecule has 2 aromatic rings. The molecule has 7 heteroatoms. The number of carbonyl (C=O) groups excluding carboxylic acids is 2. The van der Waals surface area contributed by atoms with E-state index in [9.17, 15) is 9.59 Å². The second kappa shape index (κ2) is 7.33. The number of guanidine groups is 1. The number of fused-ring (bicyclic) bond motifs is 1. The molecule has 0 aliphatic carbocycles. The second-order valence-electron chi connectivity index (χ2n) is 7.40. The first-order chi connectivity index (χ1) is 14.2. The Balaban J connectivity index is 1.55. The summed E-state index contributed by atoms with van der Waals surface area (Å²) in [4.78, 5) is 35.0. The summed E-state index contributed by atoms with van der Waals surface area (Å²) in [7, 11) is 0. The average molecular weight is 390 g/mol. The maximum atomic E-state index is 13.4. The van der Waals surface area contributed by atoms with Crippen molar-refractivity contribution in [3.05, 3.63) is 66.2 Å². The van der Waals surface area contributed by atoms with Gasteiger partial charge in [0.25, 0.3) is 5.91 Å². The molecule has 3 heterocycles. The first-order valence-corrected chi connectivity index (χ1v) is 9.89. The molecule has 1 N–H and O–H groups in total. The van der Waals surface area contributed by atoms with Gasteiger partial charge in [-0.15, -0.1) is 0 Å². The van der Waals surface area contributed by atoms with Crippen LogP contribution in [0.2, 0.25) is 0 Å². The summed E-state index contributed by atoms with van der Waals surface area (Å²) < 4.78 is 5.45. The van der Waals surface area contributed by atoms with Crippen LogP contribution in [0.5, 0.6) is 0 Å². The monoisotopic (exact) mass is 390 g/mol. The molecule has 0 unspecified atom stereocenters. The smallest absolute Gasteiger partial charge is 0.257 e. The highest BCUT2D eigenvalue weighted by Crippen LogP contribution is 2.39. The number of para-hydroxylation sites is 1. The number of benzene rings is 2. The van der Waals surface area contributed by atoms with Gasteiger partial charge in [-0.2, -0.15) is 0 Å². The quantitative estimate of drug-likeness (QED) is 0.788. The van der Waals surface area contributed by atoms with Crippen molar-refractivity contribution in [1.29, 1.82) is 0 Å². The van der Waals surface area contributed by atoms with E-state index >= 15 is 0 Å².